The van der Waals surface area contributed by atoms with Gasteiger partial charge < -0.3 is 18.3 Å². The number of fused-ring (bicyclic) bond motifs is 14. The van der Waals surface area contributed by atoms with Crippen LogP contribution >= 0.6 is 0 Å². The van der Waals surface area contributed by atoms with E-state index in [1.165, 1.54) is 109 Å². The molecule has 1 unspecified atom stereocenters. The predicted octanol–water partition coefficient (Wildman–Crippen LogP) is 19.6. The van der Waals surface area contributed by atoms with E-state index in [0.717, 1.165) is 41.9 Å². The molecule has 14 aromatic rings. The minimum absolute atomic E-state index is 0.0824. The number of allylic oxidation sites excluding steroid dienone is 8. The van der Waals surface area contributed by atoms with E-state index in [1.807, 2.05) is 0 Å². The standard InChI is InChI=1S/C74H54N4/c1-50(51-24-7-4-8-25-51)53(28-23-47-75-67-37-19-15-33-58(67)62-43-44-63-59-34-16-20-38-68(59)76(72(63)71(62)75)55-29-11-2-3-12-30-55)48-54-41-42-57(49-66(54)52-26-9-5-10-27-52)78-70-40-22-18-36-61(70)65-46-45-64-60-35-17-21-39-69(60)77(73(64)74(65)78)56-31-13-6-14-32-56/h2,4-27,29-47,49,53H,1,3,28,48H2/b47-23+. The Morgan fingerprint density at radius 3 is 1.58 bits per heavy atom. The summed E-state index contributed by atoms with van der Waals surface area (Å²) in [5.74, 6) is 0.0824. The van der Waals surface area contributed by atoms with Gasteiger partial charge in [-0.15, -0.1) is 0 Å². The van der Waals surface area contributed by atoms with Gasteiger partial charge in [0.15, 0.2) is 0 Å². The van der Waals surface area contributed by atoms with Gasteiger partial charge in [0.2, 0.25) is 0 Å². The van der Waals surface area contributed by atoms with Crippen LogP contribution in [0.3, 0.4) is 0 Å². The van der Waals surface area contributed by atoms with Gasteiger partial charge in [-0.25, -0.2) is 0 Å². The van der Waals surface area contributed by atoms with E-state index in [2.05, 4.69) is 291 Å². The summed E-state index contributed by atoms with van der Waals surface area (Å²) >= 11 is 0. The summed E-state index contributed by atoms with van der Waals surface area (Å²) in [5, 5.41) is 9.92. The van der Waals surface area contributed by atoms with Crippen LogP contribution in [0.1, 0.15) is 24.0 Å². The predicted molar refractivity (Wildman–Crippen MR) is 333 cm³/mol. The van der Waals surface area contributed by atoms with E-state index < -0.39 is 0 Å². The third kappa shape index (κ3) is 7.28. The zero-order valence-corrected chi connectivity index (χ0v) is 43.2. The van der Waals surface area contributed by atoms with Gasteiger partial charge in [-0.05, 0) is 114 Å². The topological polar surface area (TPSA) is 19.7 Å². The molecule has 78 heavy (non-hydrogen) atoms. The number of hydrogen-bond acceptors (Lipinski definition) is 0. The summed E-state index contributed by atoms with van der Waals surface area (Å²) in [5.41, 5.74) is 19.0. The van der Waals surface area contributed by atoms with Gasteiger partial charge in [0, 0.05) is 66.4 Å². The molecule has 0 radical (unpaired) electrons. The molecule has 4 heteroatoms. The van der Waals surface area contributed by atoms with Gasteiger partial charge in [-0.3, -0.25) is 0 Å². The average molecular weight is 999 g/mol. The number of para-hydroxylation sites is 5. The lowest BCUT2D eigenvalue weighted by Gasteiger charge is -2.22. The van der Waals surface area contributed by atoms with Crippen molar-refractivity contribution in [3.63, 3.8) is 0 Å². The van der Waals surface area contributed by atoms with E-state index in [9.17, 15) is 0 Å². The van der Waals surface area contributed by atoms with Crippen LogP contribution in [0, 0.1) is 5.92 Å². The van der Waals surface area contributed by atoms with Crippen LogP contribution in [0.2, 0.25) is 0 Å². The first kappa shape index (κ1) is 45.5. The van der Waals surface area contributed by atoms with Crippen molar-refractivity contribution >= 4 is 105 Å². The highest BCUT2D eigenvalue weighted by molar-refractivity contribution is 6.25. The van der Waals surface area contributed by atoms with Crippen LogP contribution in [0.4, 0.5) is 0 Å². The molecule has 0 N–H and O–H groups in total. The highest BCUT2D eigenvalue weighted by Crippen LogP contribution is 2.44. The molecule has 0 spiro atoms. The molecular formula is C74H54N4. The Morgan fingerprint density at radius 2 is 0.949 bits per heavy atom. The largest absolute Gasteiger partial charge is 0.314 e. The van der Waals surface area contributed by atoms with E-state index >= 15 is 0 Å². The van der Waals surface area contributed by atoms with Gasteiger partial charge >= 0.3 is 0 Å². The number of benzene rings is 10. The molecular weight excluding hydrogens is 945 g/mol. The number of rotatable bonds is 11. The van der Waals surface area contributed by atoms with E-state index in [-0.39, 0.29) is 5.92 Å². The number of hydrogen-bond donors (Lipinski definition) is 0. The first-order chi connectivity index (χ1) is 38.7. The lowest BCUT2D eigenvalue weighted by Crippen LogP contribution is -2.08. The molecule has 0 bridgehead atoms. The fraction of sp³-hybridized carbons (Fsp3) is 0.0541. The summed E-state index contributed by atoms with van der Waals surface area (Å²) in [6.45, 7) is 4.91. The molecule has 370 valence electrons. The first-order valence-electron chi connectivity index (χ1n) is 27.3. The van der Waals surface area contributed by atoms with Crippen molar-refractivity contribution < 1.29 is 0 Å². The zero-order valence-electron chi connectivity index (χ0n) is 43.2. The molecule has 0 saturated heterocycles. The van der Waals surface area contributed by atoms with E-state index in [1.54, 1.807) is 0 Å². The molecule has 4 heterocycles. The number of nitrogens with zero attached hydrogens (tertiary/aromatic N) is 4. The molecule has 1 aliphatic rings. The maximum atomic E-state index is 4.91. The van der Waals surface area contributed by atoms with Crippen molar-refractivity contribution in [2.75, 3.05) is 0 Å². The molecule has 0 fully saturated rings. The lowest BCUT2D eigenvalue weighted by atomic mass is 9.83. The molecule has 15 rings (SSSR count). The Balaban J connectivity index is 0.900. The molecule has 4 aromatic heterocycles. The molecule has 0 amide bonds. The maximum Gasteiger partial charge on any atom is 0.0788 e. The van der Waals surface area contributed by atoms with E-state index in [0.29, 0.717) is 0 Å². The van der Waals surface area contributed by atoms with Crippen molar-refractivity contribution in [3.8, 4) is 22.5 Å². The summed E-state index contributed by atoms with van der Waals surface area (Å²) in [6, 6.07) is 84.6. The monoisotopic (exact) mass is 998 g/mol. The van der Waals surface area contributed by atoms with Crippen molar-refractivity contribution in [2.45, 2.75) is 19.3 Å². The molecule has 10 aromatic carbocycles. The quantitative estimate of drug-likeness (QED) is 0.123. The van der Waals surface area contributed by atoms with Gasteiger partial charge in [0.1, 0.15) is 0 Å². The Kier molecular flexibility index (Phi) is 10.9. The smallest absolute Gasteiger partial charge is 0.0788 e. The molecule has 4 nitrogen and oxygen atoms in total. The SMILES string of the molecule is C=C(c1ccccc1)C(C/C=C/n1c2ccccc2c2ccc3c4ccccc4n(C4=CC=CCC=C4)c3c21)Cc1ccc(-n2c3ccccc3c3ccc4c5ccccc5n(-c5ccccc5)c4c32)cc1-c1ccccc1. The minimum Gasteiger partial charge on any atom is -0.314 e. The Hall–Kier alpha value is -9.90. The lowest BCUT2D eigenvalue weighted by molar-refractivity contribution is 0.680. The van der Waals surface area contributed by atoms with Crippen molar-refractivity contribution in [3.05, 3.63) is 285 Å². The molecule has 0 saturated carbocycles. The summed E-state index contributed by atoms with van der Waals surface area (Å²) in [4.78, 5) is 0. The summed E-state index contributed by atoms with van der Waals surface area (Å²) < 4.78 is 9.91. The van der Waals surface area contributed by atoms with Gasteiger partial charge in [0.05, 0.1) is 44.1 Å². The molecule has 0 aliphatic heterocycles. The highest BCUT2D eigenvalue weighted by Gasteiger charge is 2.24. The second-order valence-electron chi connectivity index (χ2n) is 20.8. The normalized spacial score (nSPS) is 13.4. The van der Waals surface area contributed by atoms with Crippen molar-refractivity contribution in [1.82, 2.24) is 18.3 Å². The Morgan fingerprint density at radius 1 is 0.449 bits per heavy atom. The second kappa shape index (κ2) is 18.7. The van der Waals surface area contributed by atoms with Crippen molar-refractivity contribution in [1.29, 1.82) is 0 Å². The van der Waals surface area contributed by atoms with Gasteiger partial charge in [-0.1, -0.05) is 213 Å². The fourth-order valence-electron chi connectivity index (χ4n) is 12.9. The Labute approximate surface area is 453 Å². The van der Waals surface area contributed by atoms with Crippen LogP contribution in [0.15, 0.2) is 274 Å². The fourth-order valence-corrected chi connectivity index (χ4v) is 12.9. The highest BCUT2D eigenvalue weighted by atomic mass is 15.1. The average Bonchev–Trinajstić information content (AvgIpc) is 4.09. The van der Waals surface area contributed by atoms with Crippen molar-refractivity contribution in [2.24, 2.45) is 5.92 Å². The van der Waals surface area contributed by atoms with Gasteiger partial charge in [0.25, 0.3) is 0 Å². The van der Waals surface area contributed by atoms with Crippen LogP contribution in [-0.2, 0) is 6.42 Å². The maximum absolute atomic E-state index is 4.91. The molecule has 1 aliphatic carbocycles. The second-order valence-corrected chi connectivity index (χ2v) is 20.8. The minimum atomic E-state index is 0.0824. The molecule has 1 atom stereocenters. The number of aromatic nitrogens is 4. The Bertz CT molecular complexity index is 4820. The third-order valence-corrected chi connectivity index (χ3v) is 16.4. The third-order valence-electron chi connectivity index (χ3n) is 16.4. The van der Waals surface area contributed by atoms with Crippen LogP contribution in [0.5, 0.6) is 0 Å². The summed E-state index contributed by atoms with van der Waals surface area (Å²) in [7, 11) is 0. The van der Waals surface area contributed by atoms with Crippen LogP contribution in [-0.4, -0.2) is 18.3 Å². The van der Waals surface area contributed by atoms with Crippen LogP contribution in [0.25, 0.3) is 127 Å². The van der Waals surface area contributed by atoms with Crippen LogP contribution < -0.4 is 0 Å². The van der Waals surface area contributed by atoms with E-state index in [4.69, 9.17) is 6.58 Å². The zero-order chi connectivity index (χ0) is 51.7. The van der Waals surface area contributed by atoms with Gasteiger partial charge in [-0.2, -0.15) is 0 Å². The first-order valence-corrected chi connectivity index (χ1v) is 27.3. The summed E-state index contributed by atoms with van der Waals surface area (Å²) in [6.07, 6.45) is 18.4.